The number of ether oxygens (including phenoxy) is 1. The molecule has 0 fully saturated rings. The molecule has 0 saturated heterocycles. The van der Waals surface area contributed by atoms with E-state index in [1.165, 1.54) is 30.3 Å². The molecule has 0 heterocycles. The van der Waals surface area contributed by atoms with Gasteiger partial charge in [0.05, 0.1) is 12.0 Å². The van der Waals surface area contributed by atoms with E-state index in [-0.39, 0.29) is 22.7 Å². The van der Waals surface area contributed by atoms with Crippen LogP contribution >= 0.6 is 0 Å². The van der Waals surface area contributed by atoms with E-state index in [1.54, 1.807) is 7.11 Å². The van der Waals surface area contributed by atoms with Gasteiger partial charge in [0.15, 0.2) is 0 Å². The highest BCUT2D eigenvalue weighted by molar-refractivity contribution is 6.14. The molecule has 0 spiro atoms. The fraction of sp³-hybridized carbons (Fsp3) is 0.238. The van der Waals surface area contributed by atoms with Crippen LogP contribution in [0.5, 0.6) is 5.75 Å². The lowest BCUT2D eigenvalue weighted by Crippen LogP contribution is -2.03. The topological polar surface area (TPSA) is 93.2 Å². The number of non-ortho nitro benzene ring substituents is 1. The van der Waals surface area contributed by atoms with Crippen LogP contribution in [-0.2, 0) is 0 Å². The fourth-order valence-electron chi connectivity index (χ4n) is 2.72. The molecule has 0 aliphatic carbocycles. The van der Waals surface area contributed by atoms with Crippen LogP contribution in [0.15, 0.2) is 42.0 Å². The molecular formula is C21H20N2O4. The van der Waals surface area contributed by atoms with Crippen LogP contribution in [0.2, 0.25) is 0 Å². The largest absolute Gasteiger partial charge is 0.496 e. The fourth-order valence-corrected chi connectivity index (χ4v) is 2.72. The minimum Gasteiger partial charge on any atom is -0.496 e. The van der Waals surface area contributed by atoms with Gasteiger partial charge < -0.3 is 4.74 Å². The van der Waals surface area contributed by atoms with E-state index in [4.69, 9.17) is 4.74 Å². The third kappa shape index (κ3) is 4.39. The average molecular weight is 364 g/mol. The van der Waals surface area contributed by atoms with Gasteiger partial charge >= 0.3 is 0 Å². The molecule has 138 valence electrons. The quantitative estimate of drug-likeness (QED) is 0.241. The van der Waals surface area contributed by atoms with E-state index < -0.39 is 10.7 Å². The Hall–Kier alpha value is -3.46. The van der Waals surface area contributed by atoms with Crippen LogP contribution < -0.4 is 4.74 Å². The number of carbonyl (C=O) groups excluding carboxylic acids is 1. The summed E-state index contributed by atoms with van der Waals surface area (Å²) in [5.41, 5.74) is 2.38. The van der Waals surface area contributed by atoms with Crippen LogP contribution in [0, 0.1) is 28.4 Å². The first kappa shape index (κ1) is 19.9. The number of hydrogen-bond acceptors (Lipinski definition) is 5. The van der Waals surface area contributed by atoms with E-state index in [1.807, 2.05) is 39.0 Å². The third-order valence-electron chi connectivity index (χ3n) is 4.22. The summed E-state index contributed by atoms with van der Waals surface area (Å²) in [7, 11) is 1.60. The monoisotopic (exact) mass is 364 g/mol. The lowest BCUT2D eigenvalue weighted by atomic mass is 9.94. The number of hydrogen-bond donors (Lipinski definition) is 0. The second-order valence-corrected chi connectivity index (χ2v) is 6.41. The van der Waals surface area contributed by atoms with Crippen molar-refractivity contribution in [3.05, 3.63) is 74.3 Å². The number of nitro groups is 1. The zero-order chi connectivity index (χ0) is 20.1. The van der Waals surface area contributed by atoms with E-state index in [2.05, 4.69) is 0 Å². The SMILES string of the molecule is COc1cc(C)c(C=C(C#N)C(=O)c2cccc([N+](=O)[O-])c2)cc1C(C)C. The van der Waals surface area contributed by atoms with Gasteiger partial charge in [-0.15, -0.1) is 0 Å². The smallest absolute Gasteiger partial charge is 0.270 e. The van der Waals surface area contributed by atoms with Gasteiger partial charge in [0.1, 0.15) is 17.4 Å². The van der Waals surface area contributed by atoms with Gasteiger partial charge in [0, 0.05) is 17.7 Å². The lowest BCUT2D eigenvalue weighted by molar-refractivity contribution is -0.384. The molecule has 27 heavy (non-hydrogen) atoms. The Morgan fingerprint density at radius 3 is 2.56 bits per heavy atom. The van der Waals surface area contributed by atoms with Crippen LogP contribution in [-0.4, -0.2) is 17.8 Å². The molecule has 0 radical (unpaired) electrons. The molecule has 0 aliphatic rings. The second kappa shape index (κ2) is 8.28. The highest BCUT2D eigenvalue weighted by Crippen LogP contribution is 2.31. The standard InChI is InChI=1S/C21H20N2O4/c1-13(2)19-11-16(14(3)8-20(19)27-4)9-17(12-22)21(24)15-6-5-7-18(10-15)23(25)26/h5-11,13H,1-4H3. The predicted octanol–water partition coefficient (Wildman–Crippen LogP) is 4.83. The zero-order valence-corrected chi connectivity index (χ0v) is 15.6. The summed E-state index contributed by atoms with van der Waals surface area (Å²) in [6.45, 7) is 5.92. The van der Waals surface area contributed by atoms with Gasteiger partial charge in [-0.2, -0.15) is 5.26 Å². The van der Waals surface area contributed by atoms with Gasteiger partial charge in [-0.05, 0) is 47.7 Å². The van der Waals surface area contributed by atoms with Gasteiger partial charge in [0.2, 0.25) is 5.78 Å². The van der Waals surface area contributed by atoms with Gasteiger partial charge in [-0.3, -0.25) is 14.9 Å². The Labute approximate surface area is 157 Å². The summed E-state index contributed by atoms with van der Waals surface area (Å²) in [6, 6.07) is 11.0. The molecule has 0 aromatic heterocycles. The van der Waals surface area contributed by atoms with E-state index in [9.17, 15) is 20.2 Å². The van der Waals surface area contributed by atoms with Crippen LogP contribution in [0.1, 0.15) is 46.8 Å². The van der Waals surface area contributed by atoms with Crippen molar-refractivity contribution in [2.24, 2.45) is 0 Å². The normalized spacial score (nSPS) is 11.2. The number of benzene rings is 2. The highest BCUT2D eigenvalue weighted by Gasteiger charge is 2.17. The van der Waals surface area contributed by atoms with Crippen LogP contribution in [0.3, 0.4) is 0 Å². The average Bonchev–Trinajstić information content (AvgIpc) is 2.66. The van der Waals surface area contributed by atoms with E-state index >= 15 is 0 Å². The Bertz CT molecular complexity index is 969. The van der Waals surface area contributed by atoms with Crippen molar-refractivity contribution in [1.29, 1.82) is 5.26 Å². The first-order chi connectivity index (χ1) is 12.8. The Morgan fingerprint density at radius 2 is 2.00 bits per heavy atom. The molecule has 6 heteroatoms. The maximum atomic E-state index is 12.7. The van der Waals surface area contributed by atoms with Gasteiger partial charge in [-0.1, -0.05) is 26.0 Å². The Morgan fingerprint density at radius 1 is 1.30 bits per heavy atom. The van der Waals surface area contributed by atoms with Crippen LogP contribution in [0.25, 0.3) is 6.08 Å². The van der Waals surface area contributed by atoms with Crippen molar-refractivity contribution in [3.63, 3.8) is 0 Å². The summed E-state index contributed by atoms with van der Waals surface area (Å²) in [5.74, 6) is 0.399. The van der Waals surface area contributed by atoms with Crippen molar-refractivity contribution in [3.8, 4) is 11.8 Å². The highest BCUT2D eigenvalue weighted by atomic mass is 16.6. The number of aryl methyl sites for hydroxylation is 1. The Kier molecular flexibility index (Phi) is 6.09. The van der Waals surface area contributed by atoms with Crippen molar-refractivity contribution in [2.45, 2.75) is 26.7 Å². The first-order valence-electron chi connectivity index (χ1n) is 8.38. The maximum Gasteiger partial charge on any atom is 0.270 e. The molecule has 2 aromatic rings. The number of methoxy groups -OCH3 is 1. The van der Waals surface area contributed by atoms with Crippen molar-refractivity contribution in [1.82, 2.24) is 0 Å². The van der Waals surface area contributed by atoms with Crippen molar-refractivity contribution in [2.75, 3.05) is 7.11 Å². The molecular weight excluding hydrogens is 344 g/mol. The molecule has 0 bridgehead atoms. The summed E-state index contributed by atoms with van der Waals surface area (Å²) in [6.07, 6.45) is 1.52. The number of nitrogens with zero attached hydrogens (tertiary/aromatic N) is 2. The maximum absolute atomic E-state index is 12.7. The number of Topliss-reactive ketones (excluding diaryl/α,β-unsaturated/α-hetero) is 1. The molecule has 2 rings (SSSR count). The molecule has 6 nitrogen and oxygen atoms in total. The number of rotatable bonds is 6. The third-order valence-corrected chi connectivity index (χ3v) is 4.22. The summed E-state index contributed by atoms with van der Waals surface area (Å²) < 4.78 is 5.41. The number of carbonyl (C=O) groups is 1. The number of nitro benzene ring substituents is 1. The van der Waals surface area contributed by atoms with Crippen molar-refractivity contribution < 1.29 is 14.5 Å². The van der Waals surface area contributed by atoms with Crippen molar-refractivity contribution >= 4 is 17.5 Å². The number of nitriles is 1. The zero-order valence-electron chi connectivity index (χ0n) is 15.6. The first-order valence-corrected chi connectivity index (χ1v) is 8.38. The van der Waals surface area contributed by atoms with E-state index in [0.717, 1.165) is 22.4 Å². The molecule has 0 aliphatic heterocycles. The minimum atomic E-state index is -0.574. The molecule has 2 aromatic carbocycles. The molecule has 0 saturated carbocycles. The summed E-state index contributed by atoms with van der Waals surface area (Å²) >= 11 is 0. The predicted molar refractivity (Wildman–Crippen MR) is 103 cm³/mol. The number of ketones is 1. The molecule has 0 N–H and O–H groups in total. The van der Waals surface area contributed by atoms with Crippen LogP contribution in [0.4, 0.5) is 5.69 Å². The summed E-state index contributed by atoms with van der Waals surface area (Å²) in [5, 5.41) is 20.4. The lowest BCUT2D eigenvalue weighted by Gasteiger charge is -2.15. The summed E-state index contributed by atoms with van der Waals surface area (Å²) in [4.78, 5) is 23.0. The minimum absolute atomic E-state index is 0.0847. The van der Waals surface area contributed by atoms with Gasteiger partial charge in [0.25, 0.3) is 5.69 Å². The molecule has 0 unspecified atom stereocenters. The van der Waals surface area contributed by atoms with Gasteiger partial charge in [-0.25, -0.2) is 0 Å². The Balaban J connectivity index is 2.51. The molecule has 0 atom stereocenters. The number of allylic oxidation sites excluding steroid dienone is 1. The van der Waals surface area contributed by atoms with E-state index in [0.29, 0.717) is 0 Å². The second-order valence-electron chi connectivity index (χ2n) is 6.41. The molecule has 0 amide bonds.